The van der Waals surface area contributed by atoms with Gasteiger partial charge in [0.25, 0.3) is 0 Å². The highest BCUT2D eigenvalue weighted by Gasteiger charge is 2.26. The Balaban J connectivity index is 2.21. The molecule has 1 aliphatic rings. The summed E-state index contributed by atoms with van der Waals surface area (Å²) >= 11 is 3.01. The minimum atomic E-state index is -0.647. The topological polar surface area (TPSA) is 32.3 Å². The maximum Gasteiger partial charge on any atom is 0.150 e. The minimum absolute atomic E-state index is 0.158. The van der Waals surface area contributed by atoms with Gasteiger partial charge < -0.3 is 10.4 Å². The number of hydrogen-bond donors (Lipinski definition) is 2. The number of aliphatic hydroxyl groups excluding tert-OH is 1. The quantitative estimate of drug-likeness (QED) is 0.878. The Morgan fingerprint density at radius 2 is 1.88 bits per heavy atom. The highest BCUT2D eigenvalue weighted by atomic mass is 79.9. The van der Waals surface area contributed by atoms with Gasteiger partial charge in [0.15, 0.2) is 0 Å². The van der Waals surface area contributed by atoms with E-state index < -0.39 is 17.7 Å². The Bertz CT molecular complexity index is 377. The second-order valence-electron chi connectivity index (χ2n) is 3.99. The number of benzene rings is 1. The lowest BCUT2D eigenvalue weighted by molar-refractivity contribution is 0.171. The molecule has 2 N–H and O–H groups in total. The van der Waals surface area contributed by atoms with Crippen molar-refractivity contribution in [2.24, 2.45) is 0 Å². The molecule has 2 rings (SSSR count). The highest BCUT2D eigenvalue weighted by Crippen LogP contribution is 2.28. The van der Waals surface area contributed by atoms with E-state index >= 15 is 0 Å². The first-order valence-electron chi connectivity index (χ1n) is 5.17. The smallest absolute Gasteiger partial charge is 0.150 e. The molecular formula is C11H12BrF2NO. The van der Waals surface area contributed by atoms with E-state index in [-0.39, 0.29) is 11.7 Å². The Labute approximate surface area is 101 Å². The molecule has 2 nitrogen and oxygen atoms in total. The second-order valence-corrected chi connectivity index (χ2v) is 4.91. The predicted octanol–water partition coefficient (Wildman–Crippen LogP) is 3.05. The maximum atomic E-state index is 13.5. The summed E-state index contributed by atoms with van der Waals surface area (Å²) in [5.74, 6) is -1.29. The van der Waals surface area contributed by atoms with Crippen molar-refractivity contribution in [3.63, 3.8) is 0 Å². The van der Waals surface area contributed by atoms with Crippen molar-refractivity contribution in [3.05, 3.63) is 28.2 Å². The van der Waals surface area contributed by atoms with Gasteiger partial charge in [0.1, 0.15) is 17.3 Å². The first kappa shape index (κ1) is 11.8. The third-order valence-corrected chi connectivity index (χ3v) is 3.27. The summed E-state index contributed by atoms with van der Waals surface area (Å²) in [5.41, 5.74) is -0.158. The van der Waals surface area contributed by atoms with Gasteiger partial charge in [-0.1, -0.05) is 15.9 Å². The number of hydrogen-bond acceptors (Lipinski definition) is 2. The number of nitrogens with one attached hydrogen (secondary N) is 1. The molecule has 0 unspecified atom stereocenters. The summed E-state index contributed by atoms with van der Waals surface area (Å²) in [5, 5.41) is 12.3. The lowest BCUT2D eigenvalue weighted by Gasteiger charge is -2.18. The van der Waals surface area contributed by atoms with Crippen molar-refractivity contribution in [2.45, 2.75) is 31.4 Å². The van der Waals surface area contributed by atoms with Crippen LogP contribution in [-0.4, -0.2) is 17.3 Å². The Hall–Kier alpha value is -0.680. The van der Waals surface area contributed by atoms with Crippen LogP contribution >= 0.6 is 15.9 Å². The largest absolute Gasteiger partial charge is 0.391 e. The molecule has 5 heteroatoms. The second kappa shape index (κ2) is 4.67. The van der Waals surface area contributed by atoms with E-state index in [2.05, 4.69) is 21.2 Å². The van der Waals surface area contributed by atoms with Gasteiger partial charge in [-0.25, -0.2) is 8.78 Å². The average Bonchev–Trinajstić information content (AvgIpc) is 2.57. The zero-order chi connectivity index (χ0) is 11.7. The van der Waals surface area contributed by atoms with Gasteiger partial charge in [-0.05, 0) is 31.4 Å². The average molecular weight is 292 g/mol. The van der Waals surface area contributed by atoms with Crippen LogP contribution in [0.2, 0.25) is 0 Å². The molecule has 1 saturated carbocycles. The van der Waals surface area contributed by atoms with Crippen molar-refractivity contribution in [2.75, 3.05) is 5.32 Å². The molecular weight excluding hydrogens is 280 g/mol. The van der Waals surface area contributed by atoms with Gasteiger partial charge in [-0.3, -0.25) is 0 Å². The standard InChI is InChI=1S/C11H12BrF2NO/c12-6-4-7(13)11(8(14)5-6)15-9-2-1-3-10(9)16/h4-5,9-10,15-16H,1-3H2/t9-,10-/m0/s1. The van der Waals surface area contributed by atoms with Gasteiger partial charge in [0.2, 0.25) is 0 Å². The van der Waals surface area contributed by atoms with Gasteiger partial charge in [-0.15, -0.1) is 0 Å². The van der Waals surface area contributed by atoms with Crippen LogP contribution in [0.4, 0.5) is 14.5 Å². The fourth-order valence-electron chi connectivity index (χ4n) is 1.97. The van der Waals surface area contributed by atoms with Crippen LogP contribution in [0.15, 0.2) is 16.6 Å². The fourth-order valence-corrected chi connectivity index (χ4v) is 2.38. The maximum absolute atomic E-state index is 13.5. The minimum Gasteiger partial charge on any atom is -0.391 e. The van der Waals surface area contributed by atoms with E-state index in [0.717, 1.165) is 12.8 Å². The van der Waals surface area contributed by atoms with Crippen LogP contribution in [0.1, 0.15) is 19.3 Å². The summed E-state index contributed by atoms with van der Waals surface area (Å²) in [6, 6.07) is 2.14. The van der Waals surface area contributed by atoms with E-state index in [1.807, 2.05) is 0 Å². The number of rotatable bonds is 2. The molecule has 1 aromatic carbocycles. The monoisotopic (exact) mass is 291 g/mol. The van der Waals surface area contributed by atoms with Crippen LogP contribution in [0.3, 0.4) is 0 Å². The zero-order valence-corrected chi connectivity index (χ0v) is 10.1. The third kappa shape index (κ3) is 2.35. The Morgan fingerprint density at radius 3 is 2.38 bits per heavy atom. The summed E-state index contributed by atoms with van der Waals surface area (Å²) in [6.07, 6.45) is 1.76. The van der Waals surface area contributed by atoms with Crippen LogP contribution < -0.4 is 5.32 Å². The zero-order valence-electron chi connectivity index (χ0n) is 8.51. The van der Waals surface area contributed by atoms with Crippen molar-refractivity contribution < 1.29 is 13.9 Å². The first-order valence-corrected chi connectivity index (χ1v) is 5.96. The van der Waals surface area contributed by atoms with Gasteiger partial charge >= 0.3 is 0 Å². The van der Waals surface area contributed by atoms with Crippen LogP contribution in [0.25, 0.3) is 0 Å². The van der Waals surface area contributed by atoms with Crippen molar-refractivity contribution in [1.82, 2.24) is 0 Å². The number of aliphatic hydroxyl groups is 1. The summed E-state index contributed by atoms with van der Waals surface area (Å²) in [4.78, 5) is 0. The Morgan fingerprint density at radius 1 is 1.25 bits per heavy atom. The molecule has 0 amide bonds. The number of anilines is 1. The van der Waals surface area contributed by atoms with Crippen LogP contribution in [0.5, 0.6) is 0 Å². The summed E-state index contributed by atoms with van der Waals surface area (Å²) in [7, 11) is 0. The van der Waals surface area contributed by atoms with E-state index in [1.165, 1.54) is 12.1 Å². The molecule has 16 heavy (non-hydrogen) atoms. The fraction of sp³-hybridized carbons (Fsp3) is 0.455. The van der Waals surface area contributed by atoms with Crippen molar-refractivity contribution in [1.29, 1.82) is 0 Å². The predicted molar refractivity (Wildman–Crippen MR) is 61.3 cm³/mol. The van der Waals surface area contributed by atoms with Gasteiger partial charge in [0.05, 0.1) is 12.1 Å². The van der Waals surface area contributed by atoms with E-state index in [1.54, 1.807) is 0 Å². The molecule has 88 valence electrons. The van der Waals surface area contributed by atoms with Crippen molar-refractivity contribution >= 4 is 21.6 Å². The first-order chi connectivity index (χ1) is 7.58. The molecule has 1 aliphatic carbocycles. The van der Waals surface area contributed by atoms with Gasteiger partial charge in [0, 0.05) is 4.47 Å². The molecule has 0 bridgehead atoms. The SMILES string of the molecule is O[C@H]1CCC[C@@H]1Nc1c(F)cc(Br)cc1F. The number of halogens is 3. The van der Waals surface area contributed by atoms with E-state index in [0.29, 0.717) is 10.9 Å². The highest BCUT2D eigenvalue weighted by molar-refractivity contribution is 9.10. The van der Waals surface area contributed by atoms with Crippen molar-refractivity contribution in [3.8, 4) is 0 Å². The normalized spacial score (nSPS) is 24.8. The van der Waals surface area contributed by atoms with Gasteiger partial charge in [-0.2, -0.15) is 0 Å². The van der Waals surface area contributed by atoms with E-state index in [9.17, 15) is 13.9 Å². The molecule has 0 saturated heterocycles. The molecule has 2 atom stereocenters. The van der Waals surface area contributed by atoms with Crippen LogP contribution in [0, 0.1) is 11.6 Å². The third-order valence-electron chi connectivity index (χ3n) is 2.82. The summed E-state index contributed by atoms with van der Waals surface area (Å²) in [6.45, 7) is 0. The molecule has 0 heterocycles. The molecule has 0 spiro atoms. The molecule has 0 aliphatic heterocycles. The molecule has 0 aromatic heterocycles. The lowest BCUT2D eigenvalue weighted by Crippen LogP contribution is -2.28. The lowest BCUT2D eigenvalue weighted by atomic mass is 10.2. The molecule has 0 radical (unpaired) electrons. The molecule has 1 fully saturated rings. The van der Waals surface area contributed by atoms with E-state index in [4.69, 9.17) is 0 Å². The van der Waals surface area contributed by atoms with Crippen LogP contribution in [-0.2, 0) is 0 Å². The summed E-state index contributed by atoms with van der Waals surface area (Å²) < 4.78 is 27.3. The molecule has 1 aromatic rings. The Kier molecular flexibility index (Phi) is 3.44.